The molecule has 11 heteroatoms. The molecule has 43 heavy (non-hydrogen) atoms. The highest BCUT2D eigenvalue weighted by atomic mass is 35.5. The molecule has 3 N–H and O–H groups in total. The number of aromatic nitrogens is 2. The molecule has 222 valence electrons. The molecule has 5 rings (SSSR count). The van der Waals surface area contributed by atoms with Gasteiger partial charge in [-0.3, -0.25) is 14.4 Å². The lowest BCUT2D eigenvalue weighted by Crippen LogP contribution is -2.45. The van der Waals surface area contributed by atoms with Crippen molar-refractivity contribution < 1.29 is 18.7 Å². The van der Waals surface area contributed by atoms with Gasteiger partial charge in [-0.1, -0.05) is 41.9 Å². The van der Waals surface area contributed by atoms with Gasteiger partial charge in [-0.05, 0) is 48.2 Å². The maximum atomic E-state index is 15.5. The van der Waals surface area contributed by atoms with Crippen molar-refractivity contribution in [2.24, 2.45) is 7.05 Å². The number of carbonyl (C=O) groups is 2. The van der Waals surface area contributed by atoms with Crippen LogP contribution in [-0.4, -0.2) is 41.1 Å². The fraction of sp³-hybridized carbons (Fsp3) is 0.250. The Labute approximate surface area is 253 Å². The van der Waals surface area contributed by atoms with Crippen molar-refractivity contribution in [3.63, 3.8) is 0 Å². The average Bonchev–Trinajstić information content (AvgIpc) is 2.99. The highest BCUT2D eigenvalue weighted by molar-refractivity contribution is 6.36. The third-order valence-electron chi connectivity index (χ3n) is 7.63. The van der Waals surface area contributed by atoms with Crippen LogP contribution < -0.4 is 26.2 Å². The van der Waals surface area contributed by atoms with Gasteiger partial charge < -0.3 is 25.3 Å². The quantitative estimate of drug-likeness (QED) is 0.265. The Morgan fingerprint density at radius 3 is 2.65 bits per heavy atom. The number of hydrogen-bond donors (Lipinski definition) is 3. The lowest BCUT2D eigenvalue weighted by Gasteiger charge is -2.24. The molecule has 4 aromatic rings. The number of anilines is 1. The summed E-state index contributed by atoms with van der Waals surface area (Å²) in [6.45, 7) is 2.58. The van der Waals surface area contributed by atoms with E-state index in [1.165, 1.54) is 37.3 Å². The molecular weight excluding hydrogens is 573 g/mol. The molecule has 0 saturated carbocycles. The first kappa shape index (κ1) is 29.9. The number of nitrogens with zero attached hydrogens (tertiary/aromatic N) is 2. The van der Waals surface area contributed by atoms with Crippen molar-refractivity contribution in [1.29, 1.82) is 0 Å². The molecule has 9 nitrogen and oxygen atoms in total. The summed E-state index contributed by atoms with van der Waals surface area (Å²) in [5, 5.41) is 9.33. The van der Waals surface area contributed by atoms with Crippen LogP contribution in [0.15, 0.2) is 65.8 Å². The monoisotopic (exact) mass is 603 g/mol. The molecular formula is C32H31ClFN5O4. The van der Waals surface area contributed by atoms with Crippen molar-refractivity contribution in [2.45, 2.75) is 32.4 Å². The molecule has 1 aliphatic heterocycles. The highest BCUT2D eigenvalue weighted by Gasteiger charge is 2.21. The van der Waals surface area contributed by atoms with Crippen LogP contribution in [0.3, 0.4) is 0 Å². The number of nitrogens with one attached hydrogen (secondary N) is 3. The van der Waals surface area contributed by atoms with E-state index in [1.807, 2.05) is 31.2 Å². The Hall–Kier alpha value is -4.54. The number of amides is 2. The van der Waals surface area contributed by atoms with Gasteiger partial charge in [0.05, 0.1) is 18.5 Å². The summed E-state index contributed by atoms with van der Waals surface area (Å²) in [4.78, 5) is 40.7. The van der Waals surface area contributed by atoms with Crippen LogP contribution >= 0.6 is 11.6 Å². The topological polar surface area (TPSA) is 114 Å². The number of methoxy groups -OCH3 is 1. The van der Waals surface area contributed by atoms with Crippen LogP contribution in [0.5, 0.6) is 5.75 Å². The average molecular weight is 604 g/mol. The second kappa shape index (κ2) is 12.8. The number of piperidine rings is 1. The lowest BCUT2D eigenvalue weighted by atomic mass is 9.94. The van der Waals surface area contributed by atoms with Crippen LogP contribution in [0.4, 0.5) is 10.1 Å². The molecule has 1 fully saturated rings. The van der Waals surface area contributed by atoms with E-state index in [1.54, 1.807) is 18.2 Å². The fourth-order valence-electron chi connectivity index (χ4n) is 5.15. The van der Waals surface area contributed by atoms with E-state index in [9.17, 15) is 14.4 Å². The predicted octanol–water partition coefficient (Wildman–Crippen LogP) is 4.84. The van der Waals surface area contributed by atoms with Gasteiger partial charge in [-0.2, -0.15) is 0 Å². The molecule has 1 aliphatic rings. The molecule has 3 aromatic carbocycles. The van der Waals surface area contributed by atoms with Gasteiger partial charge in [-0.15, -0.1) is 0 Å². The molecule has 0 aliphatic carbocycles. The molecule has 1 saturated heterocycles. The van der Waals surface area contributed by atoms with Crippen LogP contribution in [0.25, 0.3) is 22.3 Å². The van der Waals surface area contributed by atoms with Crippen LogP contribution in [-0.2, 0) is 18.4 Å². The summed E-state index contributed by atoms with van der Waals surface area (Å²) < 4.78 is 22.3. The van der Waals surface area contributed by atoms with E-state index in [0.717, 1.165) is 11.1 Å². The van der Waals surface area contributed by atoms with E-state index in [2.05, 4.69) is 20.9 Å². The van der Waals surface area contributed by atoms with E-state index in [4.69, 9.17) is 16.3 Å². The minimum atomic E-state index is -0.570. The Balaban J connectivity index is 1.43. The Morgan fingerprint density at radius 1 is 1.16 bits per heavy atom. The lowest BCUT2D eigenvalue weighted by molar-refractivity contribution is -0.122. The zero-order valence-corrected chi connectivity index (χ0v) is 24.7. The van der Waals surface area contributed by atoms with Gasteiger partial charge in [0.2, 0.25) is 5.91 Å². The van der Waals surface area contributed by atoms with Crippen molar-refractivity contribution in [3.05, 3.63) is 98.9 Å². The maximum absolute atomic E-state index is 15.5. The number of rotatable bonds is 8. The van der Waals surface area contributed by atoms with E-state index in [0.29, 0.717) is 58.1 Å². The third kappa shape index (κ3) is 6.30. The second-order valence-corrected chi connectivity index (χ2v) is 10.8. The summed E-state index contributed by atoms with van der Waals surface area (Å²) in [5.74, 6) is -0.607. The van der Waals surface area contributed by atoms with E-state index in [-0.39, 0.29) is 24.1 Å². The van der Waals surface area contributed by atoms with Crippen molar-refractivity contribution >= 4 is 29.1 Å². The van der Waals surface area contributed by atoms with Crippen LogP contribution in [0.1, 0.15) is 34.3 Å². The molecule has 1 atom stereocenters. The first-order valence-corrected chi connectivity index (χ1v) is 14.1. The van der Waals surface area contributed by atoms with Gasteiger partial charge in [0.1, 0.15) is 17.1 Å². The van der Waals surface area contributed by atoms with Gasteiger partial charge in [0.25, 0.3) is 11.5 Å². The summed E-state index contributed by atoms with van der Waals surface area (Å²) in [7, 11) is 3.02. The van der Waals surface area contributed by atoms with Crippen LogP contribution in [0.2, 0.25) is 5.02 Å². The van der Waals surface area contributed by atoms with Gasteiger partial charge >= 0.3 is 0 Å². The summed E-state index contributed by atoms with van der Waals surface area (Å²) in [5.41, 5.74) is 3.71. The van der Waals surface area contributed by atoms with Crippen molar-refractivity contribution in [2.75, 3.05) is 19.0 Å². The number of carbonyl (C=O) groups excluding carboxylic acids is 2. The standard InChI is InChI=1S/C32H31ClFN5O4/c1-18-21(6-5-9-27(18)38-31(41)25-15-35-17-39(2)32(25)42)23-8-4-7-22(30(23)33)19-12-26(34)24(28(13-19)43-3)16-36-20-10-11-29(40)37-14-20/h4-9,12-13,15,17,20,36H,10-11,14,16H2,1-3H3,(H,37,40)(H,38,41)/t20-/m0/s1. The summed E-state index contributed by atoms with van der Waals surface area (Å²) in [6, 6.07) is 14.1. The third-order valence-corrected chi connectivity index (χ3v) is 8.04. The van der Waals surface area contributed by atoms with Gasteiger partial charge in [0.15, 0.2) is 0 Å². The van der Waals surface area contributed by atoms with Crippen molar-refractivity contribution in [1.82, 2.24) is 20.2 Å². The fourth-order valence-corrected chi connectivity index (χ4v) is 5.49. The molecule has 0 radical (unpaired) electrons. The SMILES string of the molecule is COc1cc(-c2cccc(-c3cccc(NC(=O)c4cncn(C)c4=O)c3C)c2Cl)cc(F)c1CN[C@H]1CCC(=O)NC1. The zero-order chi connectivity index (χ0) is 30.7. The number of benzene rings is 3. The summed E-state index contributed by atoms with van der Waals surface area (Å²) >= 11 is 6.95. The first-order valence-electron chi connectivity index (χ1n) is 13.7. The molecule has 2 amide bonds. The molecule has 0 bridgehead atoms. The number of hydrogen-bond acceptors (Lipinski definition) is 6. The molecule has 0 unspecified atom stereocenters. The maximum Gasteiger partial charge on any atom is 0.265 e. The molecule has 2 heterocycles. The Bertz CT molecular complexity index is 1760. The minimum absolute atomic E-state index is 0.0220. The second-order valence-electron chi connectivity index (χ2n) is 10.4. The first-order chi connectivity index (χ1) is 20.7. The highest BCUT2D eigenvalue weighted by Crippen LogP contribution is 2.40. The Morgan fingerprint density at radius 2 is 1.91 bits per heavy atom. The summed E-state index contributed by atoms with van der Waals surface area (Å²) in [6.07, 6.45) is 3.69. The smallest absolute Gasteiger partial charge is 0.265 e. The zero-order valence-electron chi connectivity index (χ0n) is 24.0. The minimum Gasteiger partial charge on any atom is -0.496 e. The number of ether oxygens (including phenoxy) is 1. The molecule has 1 aromatic heterocycles. The van der Waals surface area contributed by atoms with Gasteiger partial charge in [-0.25, -0.2) is 9.37 Å². The Kier molecular flexibility index (Phi) is 8.89. The van der Waals surface area contributed by atoms with E-state index >= 15 is 4.39 Å². The predicted molar refractivity (Wildman–Crippen MR) is 164 cm³/mol. The normalized spacial score (nSPS) is 14.7. The van der Waals surface area contributed by atoms with Gasteiger partial charge in [0, 0.05) is 61.2 Å². The van der Waals surface area contributed by atoms with Crippen LogP contribution in [0, 0.1) is 12.7 Å². The van der Waals surface area contributed by atoms with E-state index < -0.39 is 17.3 Å². The number of aryl methyl sites for hydroxylation is 1. The molecule has 0 spiro atoms. The van der Waals surface area contributed by atoms with Crippen molar-refractivity contribution in [3.8, 4) is 28.0 Å². The largest absolute Gasteiger partial charge is 0.496 e. The number of halogens is 2.